The van der Waals surface area contributed by atoms with E-state index in [4.69, 9.17) is 0 Å². The Morgan fingerprint density at radius 1 is 1.26 bits per heavy atom. The number of phenolic OH excluding ortho intramolecular Hbond substituents is 1. The molecular formula is C17H13N7O3. The van der Waals surface area contributed by atoms with Crippen molar-refractivity contribution >= 4 is 39.9 Å². The molecule has 0 fully saturated rings. The third kappa shape index (κ3) is 3.11. The molecule has 0 aliphatic rings. The summed E-state index contributed by atoms with van der Waals surface area (Å²) in [5.74, 6) is -0.229. The van der Waals surface area contributed by atoms with Crippen molar-refractivity contribution in [1.82, 2.24) is 20.2 Å². The molecule has 4 rings (SSSR count). The Morgan fingerprint density at radius 2 is 2.11 bits per heavy atom. The second kappa shape index (κ2) is 6.33. The number of nitrogens with zero attached hydrogens (tertiary/aromatic N) is 5. The molecule has 0 saturated heterocycles. The maximum atomic E-state index is 10.8. The van der Waals surface area contributed by atoms with Crippen molar-refractivity contribution in [2.24, 2.45) is 5.10 Å². The molecule has 10 heteroatoms. The minimum absolute atomic E-state index is 0.176. The molecule has 0 bridgehead atoms. The highest BCUT2D eigenvalue weighted by Gasteiger charge is 2.13. The number of rotatable bonds is 4. The van der Waals surface area contributed by atoms with Crippen molar-refractivity contribution in [2.45, 2.75) is 6.92 Å². The molecule has 4 aromatic rings. The Labute approximate surface area is 151 Å². The maximum absolute atomic E-state index is 10.8. The summed E-state index contributed by atoms with van der Waals surface area (Å²) in [6.45, 7) is 2.00. The van der Waals surface area contributed by atoms with Gasteiger partial charge in [0.15, 0.2) is 11.4 Å². The molecule has 0 amide bonds. The lowest BCUT2D eigenvalue weighted by molar-refractivity contribution is -0.385. The normalized spacial score (nSPS) is 11.4. The van der Waals surface area contributed by atoms with Crippen molar-refractivity contribution in [3.05, 3.63) is 57.6 Å². The zero-order valence-corrected chi connectivity index (χ0v) is 14.0. The largest absolute Gasteiger partial charge is 0.502 e. The number of aromatic hydroxyl groups is 1. The van der Waals surface area contributed by atoms with Gasteiger partial charge in [-0.05, 0) is 31.2 Å². The number of nitrogens with one attached hydrogen (secondary N) is 2. The summed E-state index contributed by atoms with van der Waals surface area (Å²) in [5.41, 5.74) is 5.93. The molecule has 0 aliphatic carbocycles. The molecule has 27 heavy (non-hydrogen) atoms. The second-order valence-electron chi connectivity index (χ2n) is 5.88. The Balaban J connectivity index is 1.58. The van der Waals surface area contributed by atoms with Crippen LogP contribution in [0.4, 0.5) is 11.6 Å². The first kappa shape index (κ1) is 16.4. The topological polar surface area (TPSA) is 142 Å². The van der Waals surface area contributed by atoms with Gasteiger partial charge in [0.25, 0.3) is 5.95 Å². The van der Waals surface area contributed by atoms with Crippen LogP contribution in [-0.2, 0) is 0 Å². The quantitative estimate of drug-likeness (QED) is 0.287. The number of nitro benzene ring substituents is 1. The minimum atomic E-state index is -0.668. The van der Waals surface area contributed by atoms with E-state index in [1.807, 2.05) is 25.1 Å². The molecule has 2 aromatic heterocycles. The van der Waals surface area contributed by atoms with Gasteiger partial charge < -0.3 is 10.1 Å². The zero-order chi connectivity index (χ0) is 19.0. The summed E-state index contributed by atoms with van der Waals surface area (Å²) in [6, 6.07) is 9.89. The maximum Gasteiger partial charge on any atom is 0.311 e. The summed E-state index contributed by atoms with van der Waals surface area (Å²) < 4.78 is 0. The van der Waals surface area contributed by atoms with Crippen molar-refractivity contribution in [1.29, 1.82) is 0 Å². The summed E-state index contributed by atoms with van der Waals surface area (Å²) in [4.78, 5) is 17.7. The van der Waals surface area contributed by atoms with Crippen LogP contribution in [0.5, 0.6) is 5.75 Å². The smallest absolute Gasteiger partial charge is 0.311 e. The first-order valence-corrected chi connectivity index (χ1v) is 7.90. The Morgan fingerprint density at radius 3 is 2.93 bits per heavy atom. The van der Waals surface area contributed by atoms with E-state index in [0.717, 1.165) is 16.5 Å². The number of anilines is 1. The molecule has 0 radical (unpaired) electrons. The zero-order valence-electron chi connectivity index (χ0n) is 14.0. The number of hydrogen-bond acceptors (Lipinski definition) is 8. The summed E-state index contributed by atoms with van der Waals surface area (Å²) in [5, 5.41) is 33.4. The van der Waals surface area contributed by atoms with Gasteiger partial charge in [0, 0.05) is 22.5 Å². The van der Waals surface area contributed by atoms with Gasteiger partial charge in [-0.1, -0.05) is 11.6 Å². The summed E-state index contributed by atoms with van der Waals surface area (Å²) in [7, 11) is 0. The number of nitro groups is 1. The molecule has 10 nitrogen and oxygen atoms in total. The number of aromatic nitrogens is 4. The highest BCUT2D eigenvalue weighted by molar-refractivity contribution is 6.03. The van der Waals surface area contributed by atoms with E-state index in [0.29, 0.717) is 16.7 Å². The fraction of sp³-hybridized carbons (Fsp3) is 0.0588. The van der Waals surface area contributed by atoms with Crippen LogP contribution in [0.25, 0.3) is 22.1 Å². The monoisotopic (exact) mass is 363 g/mol. The van der Waals surface area contributed by atoms with E-state index in [2.05, 4.69) is 30.7 Å². The SMILES string of the molecule is Cc1ccc2[nH]c3nc(N/N=C/c4ccc(O)c([N+](=O)[O-])c4)nnc3c2c1. The van der Waals surface area contributed by atoms with E-state index >= 15 is 0 Å². The van der Waals surface area contributed by atoms with Gasteiger partial charge in [-0.25, -0.2) is 5.43 Å². The van der Waals surface area contributed by atoms with Crippen LogP contribution in [-0.4, -0.2) is 36.4 Å². The summed E-state index contributed by atoms with van der Waals surface area (Å²) in [6.07, 6.45) is 1.36. The lowest BCUT2D eigenvalue weighted by Crippen LogP contribution is -1.99. The average Bonchev–Trinajstić information content (AvgIpc) is 3.00. The van der Waals surface area contributed by atoms with Gasteiger partial charge in [0.2, 0.25) is 0 Å². The molecule has 0 spiro atoms. The number of benzene rings is 2. The number of aryl methyl sites for hydroxylation is 1. The van der Waals surface area contributed by atoms with Crippen LogP contribution in [0.1, 0.15) is 11.1 Å². The van der Waals surface area contributed by atoms with E-state index in [1.165, 1.54) is 24.4 Å². The fourth-order valence-corrected chi connectivity index (χ4v) is 2.66. The number of aromatic amines is 1. The van der Waals surface area contributed by atoms with Gasteiger partial charge in [-0.15, -0.1) is 10.2 Å². The second-order valence-corrected chi connectivity index (χ2v) is 5.88. The highest BCUT2D eigenvalue weighted by atomic mass is 16.6. The highest BCUT2D eigenvalue weighted by Crippen LogP contribution is 2.26. The van der Waals surface area contributed by atoms with Crippen molar-refractivity contribution in [3.63, 3.8) is 0 Å². The molecule has 0 aliphatic heterocycles. The standard InChI is InChI=1S/C17H13N7O3/c1-9-2-4-12-11(6-9)15-16(19-12)20-17(23-21-15)22-18-8-10-3-5-14(25)13(7-10)24(26)27/h2-8,25H,1H3,(H2,19,20,22,23)/b18-8+. The van der Waals surface area contributed by atoms with Crippen molar-refractivity contribution in [3.8, 4) is 5.75 Å². The van der Waals surface area contributed by atoms with Gasteiger partial charge in [-0.2, -0.15) is 10.1 Å². The third-order valence-electron chi connectivity index (χ3n) is 3.94. The van der Waals surface area contributed by atoms with Gasteiger partial charge in [0.05, 0.1) is 11.1 Å². The van der Waals surface area contributed by atoms with Crippen LogP contribution >= 0.6 is 0 Å². The number of hydrazone groups is 1. The molecule has 0 atom stereocenters. The van der Waals surface area contributed by atoms with Crippen LogP contribution in [0.3, 0.4) is 0 Å². The van der Waals surface area contributed by atoms with E-state index in [1.54, 1.807) is 0 Å². The van der Waals surface area contributed by atoms with E-state index in [-0.39, 0.29) is 5.95 Å². The molecule has 2 heterocycles. The number of H-pyrrole nitrogens is 1. The Kier molecular flexibility index (Phi) is 3.84. The van der Waals surface area contributed by atoms with Crippen molar-refractivity contribution in [2.75, 3.05) is 5.43 Å². The molecule has 2 aromatic carbocycles. The molecule has 0 saturated carbocycles. The van der Waals surface area contributed by atoms with Gasteiger partial charge >= 0.3 is 5.69 Å². The lowest BCUT2D eigenvalue weighted by Gasteiger charge is -1.99. The number of fused-ring (bicyclic) bond motifs is 3. The van der Waals surface area contributed by atoms with Crippen molar-refractivity contribution < 1.29 is 10.0 Å². The minimum Gasteiger partial charge on any atom is -0.502 e. The fourth-order valence-electron chi connectivity index (χ4n) is 2.66. The van der Waals surface area contributed by atoms with Gasteiger partial charge in [-0.3, -0.25) is 10.1 Å². The number of hydrogen-bond donors (Lipinski definition) is 3. The van der Waals surface area contributed by atoms with E-state index < -0.39 is 16.4 Å². The predicted molar refractivity (Wildman–Crippen MR) is 99.9 cm³/mol. The first-order chi connectivity index (χ1) is 13.0. The predicted octanol–water partition coefficient (Wildman–Crippen LogP) is 2.87. The average molecular weight is 363 g/mol. The van der Waals surface area contributed by atoms with E-state index in [9.17, 15) is 15.2 Å². The lowest BCUT2D eigenvalue weighted by atomic mass is 10.2. The third-order valence-corrected chi connectivity index (χ3v) is 3.94. The van der Waals surface area contributed by atoms with Crippen LogP contribution < -0.4 is 5.43 Å². The Hall–Kier alpha value is -4.08. The van der Waals surface area contributed by atoms with Crippen LogP contribution in [0.2, 0.25) is 0 Å². The van der Waals surface area contributed by atoms with Gasteiger partial charge in [0.1, 0.15) is 5.52 Å². The number of phenols is 1. The molecule has 134 valence electrons. The molecule has 0 unspecified atom stereocenters. The van der Waals surface area contributed by atoms with Crippen LogP contribution in [0, 0.1) is 17.0 Å². The molecule has 3 N–H and O–H groups in total. The molecular weight excluding hydrogens is 350 g/mol. The van der Waals surface area contributed by atoms with Crippen LogP contribution in [0.15, 0.2) is 41.5 Å². The first-order valence-electron chi connectivity index (χ1n) is 7.90. The Bertz CT molecular complexity index is 1220. The summed E-state index contributed by atoms with van der Waals surface area (Å²) >= 11 is 0.